The zero-order valence-corrected chi connectivity index (χ0v) is 15.9. The van der Waals surface area contributed by atoms with Crippen molar-refractivity contribution in [3.63, 3.8) is 0 Å². The molecule has 1 aliphatic rings. The zero-order valence-electron chi connectivity index (χ0n) is 15.1. The number of aromatic nitrogens is 1. The molecule has 0 saturated heterocycles. The minimum absolute atomic E-state index is 0.0520. The lowest BCUT2D eigenvalue weighted by Crippen LogP contribution is -2.45. The molecule has 0 bridgehead atoms. The van der Waals surface area contributed by atoms with Crippen LogP contribution < -0.4 is 5.32 Å². The molecule has 0 radical (unpaired) electrons. The van der Waals surface area contributed by atoms with Crippen molar-refractivity contribution >= 4 is 29.2 Å². The molecule has 1 aliphatic carbocycles. The van der Waals surface area contributed by atoms with Crippen molar-refractivity contribution in [2.75, 3.05) is 13.2 Å². The van der Waals surface area contributed by atoms with Crippen LogP contribution in [0.15, 0.2) is 48.8 Å². The Morgan fingerprint density at radius 3 is 2.85 bits per heavy atom. The van der Waals surface area contributed by atoms with E-state index >= 15 is 0 Å². The standard InChI is InChI=1S/C20H21N3O3S/c1-14(24)23(11-12-26-19(25)16-6-4-10-21-13-16)20(27)22-18-9-8-15-5-2-3-7-17(15)18/h2-7,10,13,18H,8-9,11-12H2,1H3,(H,22,27). The number of amides is 1. The number of fused-ring (bicyclic) bond motifs is 1. The van der Waals surface area contributed by atoms with E-state index in [1.807, 2.05) is 12.1 Å². The molecule has 1 unspecified atom stereocenters. The average molecular weight is 383 g/mol. The summed E-state index contributed by atoms with van der Waals surface area (Å²) in [5.41, 5.74) is 2.89. The van der Waals surface area contributed by atoms with Crippen LogP contribution in [-0.2, 0) is 16.0 Å². The number of pyridine rings is 1. The van der Waals surface area contributed by atoms with Gasteiger partial charge in [0.2, 0.25) is 5.91 Å². The van der Waals surface area contributed by atoms with E-state index in [4.69, 9.17) is 17.0 Å². The number of benzene rings is 1. The normalized spacial score (nSPS) is 14.9. The van der Waals surface area contributed by atoms with E-state index in [-0.39, 0.29) is 25.1 Å². The van der Waals surface area contributed by atoms with Crippen LogP contribution in [0.3, 0.4) is 0 Å². The van der Waals surface area contributed by atoms with Crippen LogP contribution in [0.5, 0.6) is 0 Å². The van der Waals surface area contributed by atoms with Crippen molar-refractivity contribution in [1.29, 1.82) is 0 Å². The predicted octanol–water partition coefficient (Wildman–Crippen LogP) is 2.65. The fourth-order valence-corrected chi connectivity index (χ4v) is 3.49. The Balaban J connectivity index is 1.55. The van der Waals surface area contributed by atoms with Gasteiger partial charge in [0.25, 0.3) is 0 Å². The van der Waals surface area contributed by atoms with Crippen molar-refractivity contribution in [2.45, 2.75) is 25.8 Å². The van der Waals surface area contributed by atoms with Crippen LogP contribution in [0.2, 0.25) is 0 Å². The third kappa shape index (κ3) is 4.68. The molecular formula is C20H21N3O3S. The third-order valence-corrected chi connectivity index (χ3v) is 4.84. The second kappa shape index (κ2) is 8.73. The summed E-state index contributed by atoms with van der Waals surface area (Å²) in [6, 6.07) is 11.6. The third-order valence-electron chi connectivity index (χ3n) is 4.50. The van der Waals surface area contributed by atoms with E-state index in [0.717, 1.165) is 12.8 Å². The van der Waals surface area contributed by atoms with E-state index in [0.29, 0.717) is 10.7 Å². The van der Waals surface area contributed by atoms with E-state index in [1.54, 1.807) is 18.3 Å². The molecule has 1 amide bonds. The predicted molar refractivity (Wildman–Crippen MR) is 105 cm³/mol. The van der Waals surface area contributed by atoms with E-state index < -0.39 is 5.97 Å². The van der Waals surface area contributed by atoms with Crippen LogP contribution in [0, 0.1) is 0 Å². The van der Waals surface area contributed by atoms with Crippen LogP contribution in [0.4, 0.5) is 0 Å². The Hall–Kier alpha value is -2.80. The van der Waals surface area contributed by atoms with Gasteiger partial charge in [-0.05, 0) is 48.3 Å². The van der Waals surface area contributed by atoms with Crippen LogP contribution in [0.25, 0.3) is 0 Å². The number of carbonyl (C=O) groups is 2. The Labute approximate surface area is 163 Å². The fourth-order valence-electron chi connectivity index (χ4n) is 3.13. The van der Waals surface area contributed by atoms with Gasteiger partial charge in [0.15, 0.2) is 5.11 Å². The first-order chi connectivity index (χ1) is 13.1. The minimum Gasteiger partial charge on any atom is -0.460 e. The van der Waals surface area contributed by atoms with Gasteiger partial charge < -0.3 is 10.1 Å². The van der Waals surface area contributed by atoms with Gasteiger partial charge in [-0.2, -0.15) is 0 Å². The number of aryl methyl sites for hydroxylation is 1. The van der Waals surface area contributed by atoms with Crippen molar-refractivity contribution < 1.29 is 14.3 Å². The molecule has 1 heterocycles. The molecule has 1 atom stereocenters. The summed E-state index contributed by atoms with van der Waals surface area (Å²) >= 11 is 5.43. The van der Waals surface area contributed by atoms with Crippen LogP contribution in [-0.4, -0.2) is 40.0 Å². The Bertz CT molecular complexity index is 841. The number of ether oxygens (including phenoxy) is 1. The lowest BCUT2D eigenvalue weighted by atomic mass is 10.1. The van der Waals surface area contributed by atoms with Crippen LogP contribution in [0.1, 0.15) is 40.9 Å². The highest BCUT2D eigenvalue weighted by Gasteiger charge is 2.25. The van der Waals surface area contributed by atoms with Gasteiger partial charge in [-0.15, -0.1) is 0 Å². The first-order valence-corrected chi connectivity index (χ1v) is 9.20. The molecule has 0 saturated carbocycles. The summed E-state index contributed by atoms with van der Waals surface area (Å²) in [7, 11) is 0. The number of nitrogens with zero attached hydrogens (tertiary/aromatic N) is 2. The molecule has 2 aromatic rings. The summed E-state index contributed by atoms with van der Waals surface area (Å²) in [5.74, 6) is -0.675. The maximum atomic E-state index is 12.0. The molecule has 1 N–H and O–H groups in total. The highest BCUT2D eigenvalue weighted by Crippen LogP contribution is 2.30. The number of carbonyl (C=O) groups excluding carboxylic acids is 2. The number of esters is 1. The summed E-state index contributed by atoms with van der Waals surface area (Å²) in [6.07, 6.45) is 4.94. The highest BCUT2D eigenvalue weighted by molar-refractivity contribution is 7.80. The monoisotopic (exact) mass is 383 g/mol. The summed E-state index contributed by atoms with van der Waals surface area (Å²) in [6.45, 7) is 1.69. The molecule has 140 valence electrons. The second-order valence-electron chi connectivity index (χ2n) is 6.29. The molecular weight excluding hydrogens is 362 g/mol. The van der Waals surface area contributed by atoms with E-state index in [9.17, 15) is 9.59 Å². The van der Waals surface area contributed by atoms with Gasteiger partial charge in [-0.25, -0.2) is 4.79 Å². The molecule has 0 fully saturated rings. The van der Waals surface area contributed by atoms with Gasteiger partial charge in [0.1, 0.15) is 6.61 Å². The van der Waals surface area contributed by atoms with Crippen LogP contribution >= 0.6 is 12.2 Å². The average Bonchev–Trinajstić information content (AvgIpc) is 3.08. The van der Waals surface area contributed by atoms with Gasteiger partial charge in [0, 0.05) is 19.3 Å². The summed E-state index contributed by atoms with van der Waals surface area (Å²) < 4.78 is 5.22. The van der Waals surface area contributed by atoms with Crippen molar-refractivity contribution in [3.8, 4) is 0 Å². The largest absolute Gasteiger partial charge is 0.460 e. The number of rotatable bonds is 5. The molecule has 1 aromatic carbocycles. The minimum atomic E-state index is -0.477. The Morgan fingerprint density at radius 2 is 2.11 bits per heavy atom. The summed E-state index contributed by atoms with van der Waals surface area (Å²) in [5, 5.41) is 3.62. The van der Waals surface area contributed by atoms with Gasteiger partial charge >= 0.3 is 5.97 Å². The molecule has 0 aliphatic heterocycles. The number of thiocarbonyl (C=S) groups is 1. The Morgan fingerprint density at radius 1 is 1.30 bits per heavy atom. The lowest BCUT2D eigenvalue weighted by Gasteiger charge is -2.25. The molecule has 27 heavy (non-hydrogen) atoms. The quantitative estimate of drug-likeness (QED) is 0.632. The van der Waals surface area contributed by atoms with Crippen molar-refractivity contribution in [2.24, 2.45) is 0 Å². The van der Waals surface area contributed by atoms with E-state index in [2.05, 4.69) is 22.4 Å². The molecule has 1 aromatic heterocycles. The van der Waals surface area contributed by atoms with Crippen molar-refractivity contribution in [1.82, 2.24) is 15.2 Å². The molecule has 7 heteroatoms. The first-order valence-electron chi connectivity index (χ1n) is 8.80. The number of hydrogen-bond donors (Lipinski definition) is 1. The fraction of sp³-hybridized carbons (Fsp3) is 0.300. The highest BCUT2D eigenvalue weighted by atomic mass is 32.1. The smallest absolute Gasteiger partial charge is 0.339 e. The first kappa shape index (κ1) is 19.0. The maximum absolute atomic E-state index is 12.0. The Kier molecular flexibility index (Phi) is 6.13. The molecule has 3 rings (SSSR count). The van der Waals surface area contributed by atoms with Gasteiger partial charge in [-0.3, -0.25) is 14.7 Å². The number of nitrogens with one attached hydrogen (secondary N) is 1. The topological polar surface area (TPSA) is 71.5 Å². The maximum Gasteiger partial charge on any atom is 0.339 e. The van der Waals surface area contributed by atoms with Crippen molar-refractivity contribution in [3.05, 3.63) is 65.5 Å². The zero-order chi connectivity index (χ0) is 19.2. The number of hydrogen-bond acceptors (Lipinski definition) is 5. The molecule has 0 spiro atoms. The lowest BCUT2D eigenvalue weighted by molar-refractivity contribution is -0.125. The van der Waals surface area contributed by atoms with Gasteiger partial charge in [0.05, 0.1) is 18.2 Å². The second-order valence-corrected chi connectivity index (χ2v) is 6.67. The van der Waals surface area contributed by atoms with Gasteiger partial charge in [-0.1, -0.05) is 24.3 Å². The molecule has 6 nitrogen and oxygen atoms in total. The van der Waals surface area contributed by atoms with E-state index in [1.165, 1.54) is 29.1 Å². The SMILES string of the molecule is CC(=O)N(CCOC(=O)c1cccnc1)C(=S)NC1CCc2ccccc21. The summed E-state index contributed by atoms with van der Waals surface area (Å²) in [4.78, 5) is 29.3.